The molecule has 0 atom stereocenters. The number of ether oxygens (including phenoxy) is 2. The third-order valence-electron chi connectivity index (χ3n) is 4.09. The van der Waals surface area contributed by atoms with Crippen molar-refractivity contribution in [2.75, 3.05) is 27.3 Å². The zero-order chi connectivity index (χ0) is 20.4. The SMILES string of the molecule is CCNC(=NCc1ccc(C#N)cc1F)NCCc1ccc(OC)c(OC)c1.I. The van der Waals surface area contributed by atoms with Gasteiger partial charge in [-0.1, -0.05) is 12.1 Å². The first-order valence-corrected chi connectivity index (χ1v) is 9.02. The number of aliphatic imine (C=N–C) groups is 1. The van der Waals surface area contributed by atoms with Crippen LogP contribution in [0.4, 0.5) is 4.39 Å². The second-order valence-electron chi connectivity index (χ2n) is 5.98. The quantitative estimate of drug-likeness (QED) is 0.321. The molecule has 156 valence electrons. The van der Waals surface area contributed by atoms with Gasteiger partial charge in [-0.2, -0.15) is 5.26 Å². The second kappa shape index (κ2) is 12.8. The molecule has 0 aliphatic rings. The lowest BCUT2D eigenvalue weighted by Gasteiger charge is -2.13. The number of methoxy groups -OCH3 is 2. The zero-order valence-corrected chi connectivity index (χ0v) is 19.1. The predicted molar refractivity (Wildman–Crippen MR) is 123 cm³/mol. The Morgan fingerprint density at radius 1 is 1.10 bits per heavy atom. The van der Waals surface area contributed by atoms with Crippen molar-refractivity contribution in [1.82, 2.24) is 10.6 Å². The molecule has 2 aromatic rings. The Labute approximate surface area is 188 Å². The van der Waals surface area contributed by atoms with Crippen LogP contribution >= 0.6 is 24.0 Å². The summed E-state index contributed by atoms with van der Waals surface area (Å²) >= 11 is 0. The topological polar surface area (TPSA) is 78.7 Å². The maximum atomic E-state index is 14.0. The third kappa shape index (κ3) is 7.42. The van der Waals surface area contributed by atoms with E-state index >= 15 is 0 Å². The number of benzene rings is 2. The van der Waals surface area contributed by atoms with Crippen LogP contribution in [0.2, 0.25) is 0 Å². The number of halogens is 2. The molecule has 2 N–H and O–H groups in total. The molecule has 2 aromatic carbocycles. The largest absolute Gasteiger partial charge is 0.493 e. The normalized spacial score (nSPS) is 10.5. The number of hydrogen-bond acceptors (Lipinski definition) is 4. The lowest BCUT2D eigenvalue weighted by atomic mass is 10.1. The van der Waals surface area contributed by atoms with Crippen LogP contribution in [0, 0.1) is 17.1 Å². The number of guanidine groups is 1. The molecule has 0 radical (unpaired) electrons. The Kier molecular flexibility index (Phi) is 10.8. The van der Waals surface area contributed by atoms with Crippen molar-refractivity contribution in [2.45, 2.75) is 19.9 Å². The minimum atomic E-state index is -0.427. The summed E-state index contributed by atoms with van der Waals surface area (Å²) in [6.45, 7) is 3.49. The molecular formula is C21H26FIN4O2. The highest BCUT2D eigenvalue weighted by Crippen LogP contribution is 2.27. The number of nitrogens with zero attached hydrogens (tertiary/aromatic N) is 2. The van der Waals surface area contributed by atoms with Gasteiger partial charge in [0.25, 0.3) is 0 Å². The summed E-state index contributed by atoms with van der Waals surface area (Å²) in [6, 6.07) is 12.1. The molecule has 6 nitrogen and oxygen atoms in total. The average Bonchev–Trinajstić information content (AvgIpc) is 2.72. The molecule has 0 aliphatic heterocycles. The lowest BCUT2D eigenvalue weighted by Crippen LogP contribution is -2.38. The Morgan fingerprint density at radius 2 is 1.86 bits per heavy atom. The summed E-state index contributed by atoms with van der Waals surface area (Å²) in [5.41, 5.74) is 1.83. The first-order chi connectivity index (χ1) is 13.6. The van der Waals surface area contributed by atoms with Gasteiger partial charge in [0, 0.05) is 18.7 Å². The molecule has 0 amide bonds. The van der Waals surface area contributed by atoms with Crippen LogP contribution in [-0.2, 0) is 13.0 Å². The van der Waals surface area contributed by atoms with Crippen molar-refractivity contribution >= 4 is 29.9 Å². The molecule has 0 saturated heterocycles. The summed E-state index contributed by atoms with van der Waals surface area (Å²) in [7, 11) is 3.22. The number of hydrogen-bond donors (Lipinski definition) is 2. The molecule has 2 rings (SSSR count). The van der Waals surface area contributed by atoms with Crippen LogP contribution in [-0.4, -0.2) is 33.3 Å². The van der Waals surface area contributed by atoms with Crippen molar-refractivity contribution < 1.29 is 13.9 Å². The van der Waals surface area contributed by atoms with E-state index in [1.165, 1.54) is 6.07 Å². The smallest absolute Gasteiger partial charge is 0.191 e. The molecule has 0 saturated carbocycles. The highest BCUT2D eigenvalue weighted by molar-refractivity contribution is 14.0. The average molecular weight is 512 g/mol. The lowest BCUT2D eigenvalue weighted by molar-refractivity contribution is 0.354. The molecule has 0 fully saturated rings. The number of nitriles is 1. The van der Waals surface area contributed by atoms with E-state index in [-0.39, 0.29) is 30.5 Å². The summed E-state index contributed by atoms with van der Waals surface area (Å²) < 4.78 is 24.6. The molecule has 0 heterocycles. The molecule has 29 heavy (non-hydrogen) atoms. The van der Waals surface area contributed by atoms with E-state index < -0.39 is 5.82 Å². The van der Waals surface area contributed by atoms with Crippen LogP contribution in [0.25, 0.3) is 0 Å². The summed E-state index contributed by atoms with van der Waals surface area (Å²) in [5, 5.41) is 15.2. The van der Waals surface area contributed by atoms with Gasteiger partial charge in [0.15, 0.2) is 17.5 Å². The van der Waals surface area contributed by atoms with Gasteiger partial charge in [0.1, 0.15) is 5.82 Å². The fraction of sp³-hybridized carbons (Fsp3) is 0.333. The van der Waals surface area contributed by atoms with E-state index in [2.05, 4.69) is 15.6 Å². The van der Waals surface area contributed by atoms with Gasteiger partial charge in [-0.3, -0.25) is 0 Å². The van der Waals surface area contributed by atoms with Crippen LogP contribution in [0.5, 0.6) is 11.5 Å². The van der Waals surface area contributed by atoms with Gasteiger partial charge in [0.05, 0.1) is 32.4 Å². The minimum absolute atomic E-state index is 0. The Hall–Kier alpha value is -2.54. The van der Waals surface area contributed by atoms with Crippen molar-refractivity contribution in [3.8, 4) is 17.6 Å². The van der Waals surface area contributed by atoms with E-state index in [0.29, 0.717) is 41.7 Å². The molecule has 0 aromatic heterocycles. The maximum Gasteiger partial charge on any atom is 0.191 e. The maximum absolute atomic E-state index is 14.0. The van der Waals surface area contributed by atoms with E-state index in [4.69, 9.17) is 14.7 Å². The third-order valence-corrected chi connectivity index (χ3v) is 4.09. The molecule has 0 unspecified atom stereocenters. The minimum Gasteiger partial charge on any atom is -0.493 e. The standard InChI is InChI=1S/C21H25FN4O2.HI/c1-4-24-21(26-14-17-7-5-16(13-23)11-18(17)22)25-10-9-15-6-8-19(27-2)20(12-15)28-3;/h5-8,11-12H,4,9-10,14H2,1-3H3,(H2,24,25,26);1H. The van der Waals surface area contributed by atoms with Crippen LogP contribution in [0.15, 0.2) is 41.4 Å². The monoisotopic (exact) mass is 512 g/mol. The number of rotatable bonds is 8. The van der Waals surface area contributed by atoms with Gasteiger partial charge in [-0.15, -0.1) is 24.0 Å². The van der Waals surface area contributed by atoms with Crippen molar-refractivity contribution in [1.29, 1.82) is 5.26 Å². The highest BCUT2D eigenvalue weighted by atomic mass is 127. The molecule has 8 heteroatoms. The van der Waals surface area contributed by atoms with Crippen LogP contribution < -0.4 is 20.1 Å². The fourth-order valence-electron chi connectivity index (χ4n) is 2.61. The van der Waals surface area contributed by atoms with Gasteiger partial charge in [-0.05, 0) is 43.2 Å². The van der Waals surface area contributed by atoms with Gasteiger partial charge >= 0.3 is 0 Å². The van der Waals surface area contributed by atoms with Crippen LogP contribution in [0.1, 0.15) is 23.6 Å². The zero-order valence-electron chi connectivity index (χ0n) is 16.8. The van der Waals surface area contributed by atoms with E-state index in [1.54, 1.807) is 26.4 Å². The first-order valence-electron chi connectivity index (χ1n) is 9.02. The van der Waals surface area contributed by atoms with E-state index in [0.717, 1.165) is 12.0 Å². The fourth-order valence-corrected chi connectivity index (χ4v) is 2.61. The van der Waals surface area contributed by atoms with E-state index in [9.17, 15) is 4.39 Å². The number of nitrogens with one attached hydrogen (secondary N) is 2. The summed E-state index contributed by atoms with van der Waals surface area (Å²) in [5.74, 6) is 1.56. The molecule has 0 spiro atoms. The molecule has 0 bridgehead atoms. The predicted octanol–water partition coefficient (Wildman–Crippen LogP) is 3.63. The van der Waals surface area contributed by atoms with Gasteiger partial charge in [-0.25, -0.2) is 9.38 Å². The van der Waals surface area contributed by atoms with Gasteiger partial charge < -0.3 is 20.1 Å². The first kappa shape index (κ1) is 24.5. The molecular weight excluding hydrogens is 486 g/mol. The summed E-state index contributed by atoms with van der Waals surface area (Å²) in [6.07, 6.45) is 0.760. The second-order valence-corrected chi connectivity index (χ2v) is 5.98. The van der Waals surface area contributed by atoms with Gasteiger partial charge in [0.2, 0.25) is 0 Å². The van der Waals surface area contributed by atoms with Crippen molar-refractivity contribution in [3.05, 3.63) is 58.9 Å². The van der Waals surface area contributed by atoms with E-state index in [1.807, 2.05) is 31.2 Å². The van der Waals surface area contributed by atoms with Crippen LogP contribution in [0.3, 0.4) is 0 Å². The molecule has 0 aliphatic carbocycles. The summed E-state index contributed by atoms with van der Waals surface area (Å²) in [4.78, 5) is 4.42. The van der Waals surface area contributed by atoms with Crippen molar-refractivity contribution in [2.24, 2.45) is 4.99 Å². The Balaban J connectivity index is 0.00000420. The Bertz CT molecular complexity index is 868. The van der Waals surface area contributed by atoms with Crippen molar-refractivity contribution in [3.63, 3.8) is 0 Å². The Morgan fingerprint density at radius 3 is 2.48 bits per heavy atom. The highest BCUT2D eigenvalue weighted by Gasteiger charge is 2.06.